The highest BCUT2D eigenvalue weighted by atomic mass is 79.9. The number of halogens is 1. The summed E-state index contributed by atoms with van der Waals surface area (Å²) in [6.45, 7) is 0. The molecular formula is C9H8BrNO. The first-order chi connectivity index (χ1) is 5.83. The molecule has 2 nitrogen and oxygen atoms in total. The van der Waals surface area contributed by atoms with Crippen LogP contribution in [-0.2, 0) is 0 Å². The molecule has 62 valence electrons. The van der Waals surface area contributed by atoms with Gasteiger partial charge in [0.2, 0.25) is 0 Å². The first-order valence-electron chi connectivity index (χ1n) is 3.63. The van der Waals surface area contributed by atoms with Gasteiger partial charge in [-0.1, -0.05) is 6.07 Å². The number of benzene rings is 1. The van der Waals surface area contributed by atoms with Gasteiger partial charge in [-0.15, -0.1) is 0 Å². The second kappa shape index (κ2) is 2.83. The van der Waals surface area contributed by atoms with Crippen LogP contribution in [0.4, 0.5) is 0 Å². The number of aromatic nitrogens is 1. The highest BCUT2D eigenvalue weighted by Crippen LogP contribution is 2.26. The first kappa shape index (κ1) is 7.68. The van der Waals surface area contributed by atoms with E-state index in [4.69, 9.17) is 4.74 Å². The van der Waals surface area contributed by atoms with E-state index in [1.807, 2.05) is 34.1 Å². The normalized spacial score (nSPS) is 10.5. The Hall–Kier alpha value is -0.960. The van der Waals surface area contributed by atoms with Crippen molar-refractivity contribution in [1.82, 2.24) is 3.59 Å². The van der Waals surface area contributed by atoms with Gasteiger partial charge in [-0.25, -0.2) is 0 Å². The maximum atomic E-state index is 5.21. The van der Waals surface area contributed by atoms with E-state index in [-0.39, 0.29) is 0 Å². The minimum absolute atomic E-state index is 0.908. The fourth-order valence-corrected chi connectivity index (χ4v) is 1.71. The van der Waals surface area contributed by atoms with E-state index in [0.717, 1.165) is 16.7 Å². The van der Waals surface area contributed by atoms with Crippen molar-refractivity contribution < 1.29 is 4.74 Å². The minimum Gasteiger partial charge on any atom is -0.496 e. The quantitative estimate of drug-likeness (QED) is 0.729. The minimum atomic E-state index is 0.908. The van der Waals surface area contributed by atoms with Crippen LogP contribution in [-0.4, -0.2) is 10.7 Å². The van der Waals surface area contributed by atoms with Gasteiger partial charge in [0.1, 0.15) is 5.75 Å². The molecular weight excluding hydrogens is 218 g/mol. The molecule has 0 aliphatic carbocycles. The molecule has 0 saturated carbocycles. The number of hydrogen-bond acceptors (Lipinski definition) is 1. The summed E-state index contributed by atoms with van der Waals surface area (Å²) in [6.07, 6.45) is 1.95. The van der Waals surface area contributed by atoms with E-state index < -0.39 is 0 Å². The number of methoxy groups -OCH3 is 1. The number of rotatable bonds is 1. The van der Waals surface area contributed by atoms with Crippen LogP contribution in [0.3, 0.4) is 0 Å². The molecule has 2 aromatic rings. The molecule has 0 unspecified atom stereocenters. The van der Waals surface area contributed by atoms with E-state index in [1.54, 1.807) is 7.11 Å². The molecule has 1 aromatic heterocycles. The summed E-state index contributed by atoms with van der Waals surface area (Å²) in [7, 11) is 1.68. The second-order valence-corrected chi connectivity index (χ2v) is 3.28. The Balaban J connectivity index is 2.81. The Bertz CT molecular complexity index is 408. The third-order valence-electron chi connectivity index (χ3n) is 1.87. The largest absolute Gasteiger partial charge is 0.496 e. The van der Waals surface area contributed by atoms with Gasteiger partial charge in [-0.05, 0) is 18.2 Å². The van der Waals surface area contributed by atoms with Gasteiger partial charge < -0.3 is 4.74 Å². The average Bonchev–Trinajstić information content (AvgIpc) is 2.48. The zero-order valence-corrected chi connectivity index (χ0v) is 8.21. The Morgan fingerprint density at radius 2 is 2.17 bits per heavy atom. The predicted molar refractivity (Wildman–Crippen MR) is 52.8 cm³/mol. The molecule has 1 aromatic carbocycles. The molecule has 2 rings (SSSR count). The van der Waals surface area contributed by atoms with Crippen LogP contribution in [0.5, 0.6) is 5.75 Å². The lowest BCUT2D eigenvalue weighted by Gasteiger charge is -2.00. The molecule has 0 aliphatic rings. The van der Waals surface area contributed by atoms with Crippen molar-refractivity contribution in [1.29, 1.82) is 0 Å². The van der Waals surface area contributed by atoms with Crippen molar-refractivity contribution in [2.45, 2.75) is 0 Å². The molecule has 0 atom stereocenters. The van der Waals surface area contributed by atoms with Crippen molar-refractivity contribution in [3.8, 4) is 5.75 Å². The molecule has 12 heavy (non-hydrogen) atoms. The zero-order chi connectivity index (χ0) is 8.55. The summed E-state index contributed by atoms with van der Waals surface area (Å²) >= 11 is 3.39. The lowest BCUT2D eigenvalue weighted by molar-refractivity contribution is 0.420. The third-order valence-corrected chi connectivity index (χ3v) is 2.48. The van der Waals surface area contributed by atoms with Crippen LogP contribution < -0.4 is 4.74 Å². The van der Waals surface area contributed by atoms with E-state index >= 15 is 0 Å². The fraction of sp³-hybridized carbons (Fsp3) is 0.111. The Labute approximate surface area is 79.1 Å². The molecule has 1 heterocycles. The van der Waals surface area contributed by atoms with Crippen LogP contribution in [0, 0.1) is 0 Å². The number of ether oxygens (including phenoxy) is 1. The second-order valence-electron chi connectivity index (χ2n) is 2.52. The molecule has 0 amide bonds. The standard InChI is InChI=1S/C9H8BrNO/c1-12-9-4-2-3-8-7(9)5-6-11(8)10/h2-6H,1H3. The van der Waals surface area contributed by atoms with Crippen molar-refractivity contribution >= 4 is 27.1 Å². The average molecular weight is 226 g/mol. The van der Waals surface area contributed by atoms with Crippen molar-refractivity contribution in [2.75, 3.05) is 7.11 Å². The maximum absolute atomic E-state index is 5.21. The van der Waals surface area contributed by atoms with Gasteiger partial charge in [0.25, 0.3) is 0 Å². The van der Waals surface area contributed by atoms with Crippen LogP contribution >= 0.6 is 16.1 Å². The van der Waals surface area contributed by atoms with Crippen LogP contribution in [0.25, 0.3) is 10.9 Å². The first-order valence-corrected chi connectivity index (χ1v) is 4.34. The molecule has 0 fully saturated rings. The molecule has 0 aliphatic heterocycles. The van der Waals surface area contributed by atoms with E-state index in [2.05, 4.69) is 16.1 Å². The SMILES string of the molecule is COc1cccc2c1ccn2Br. The molecule has 0 spiro atoms. The predicted octanol–water partition coefficient (Wildman–Crippen LogP) is 2.81. The maximum Gasteiger partial charge on any atom is 0.128 e. The summed E-state index contributed by atoms with van der Waals surface area (Å²) in [5.41, 5.74) is 1.12. The van der Waals surface area contributed by atoms with Gasteiger partial charge >= 0.3 is 0 Å². The van der Waals surface area contributed by atoms with E-state index in [0.29, 0.717) is 0 Å². The van der Waals surface area contributed by atoms with Crippen molar-refractivity contribution in [2.24, 2.45) is 0 Å². The fourth-order valence-electron chi connectivity index (χ4n) is 1.28. The lowest BCUT2D eigenvalue weighted by Crippen LogP contribution is -1.82. The van der Waals surface area contributed by atoms with E-state index in [1.165, 1.54) is 0 Å². The van der Waals surface area contributed by atoms with Crippen molar-refractivity contribution in [3.63, 3.8) is 0 Å². The van der Waals surface area contributed by atoms with Gasteiger partial charge in [-0.3, -0.25) is 3.59 Å². The van der Waals surface area contributed by atoms with Crippen LogP contribution in [0.15, 0.2) is 30.5 Å². The summed E-state index contributed by atoms with van der Waals surface area (Å²) in [5.74, 6) is 0.908. The zero-order valence-electron chi connectivity index (χ0n) is 6.62. The van der Waals surface area contributed by atoms with Gasteiger partial charge in [0, 0.05) is 11.6 Å². The highest BCUT2D eigenvalue weighted by molar-refractivity contribution is 9.08. The summed E-state index contributed by atoms with van der Waals surface area (Å²) in [6, 6.07) is 7.98. The molecule has 0 bridgehead atoms. The third kappa shape index (κ3) is 1.01. The number of hydrogen-bond donors (Lipinski definition) is 0. The van der Waals surface area contributed by atoms with Gasteiger partial charge in [0.05, 0.1) is 28.8 Å². The summed E-state index contributed by atoms with van der Waals surface area (Å²) in [5, 5.41) is 1.12. The topological polar surface area (TPSA) is 14.2 Å². The highest BCUT2D eigenvalue weighted by Gasteiger charge is 2.02. The smallest absolute Gasteiger partial charge is 0.128 e. The number of fused-ring (bicyclic) bond motifs is 1. The lowest BCUT2D eigenvalue weighted by atomic mass is 10.2. The molecule has 0 saturated heterocycles. The van der Waals surface area contributed by atoms with Gasteiger partial charge in [-0.2, -0.15) is 0 Å². The summed E-state index contributed by atoms with van der Waals surface area (Å²) in [4.78, 5) is 0. The summed E-state index contributed by atoms with van der Waals surface area (Å²) < 4.78 is 7.10. The molecule has 0 N–H and O–H groups in total. The molecule has 3 heteroatoms. The molecule has 0 radical (unpaired) electrons. The van der Waals surface area contributed by atoms with Crippen molar-refractivity contribution in [3.05, 3.63) is 30.5 Å². The van der Waals surface area contributed by atoms with Gasteiger partial charge in [0.15, 0.2) is 0 Å². The van der Waals surface area contributed by atoms with Crippen LogP contribution in [0.1, 0.15) is 0 Å². The Kier molecular flexibility index (Phi) is 1.81. The monoisotopic (exact) mass is 225 g/mol. The Morgan fingerprint density at radius 1 is 1.33 bits per heavy atom. The number of nitrogens with zero attached hydrogens (tertiary/aromatic N) is 1. The van der Waals surface area contributed by atoms with E-state index in [9.17, 15) is 0 Å². The Morgan fingerprint density at radius 3 is 2.92 bits per heavy atom. The van der Waals surface area contributed by atoms with Crippen LogP contribution in [0.2, 0.25) is 0 Å².